The van der Waals surface area contributed by atoms with E-state index in [1.165, 1.54) is 0 Å². The number of Topliss-reactive ketones (excluding diaryl/α,β-unsaturated/α-hetero) is 1. The SMILES string of the molecule is CC(C)C[C@H](NC(=O)OC1CC2(CCN(C(=O)C(C)C)CC2)C1)C(=O)N[C@@H](C[C@H]1CCNC1=O)C(=O)C(O)S(=O)(=O)O. The molecule has 5 N–H and O–H groups in total. The number of rotatable bonds is 12. The van der Waals surface area contributed by atoms with Crippen molar-refractivity contribution < 1.29 is 46.8 Å². The lowest BCUT2D eigenvalue weighted by atomic mass is 9.61. The number of nitrogens with zero attached hydrogens (tertiary/aromatic N) is 1. The minimum atomic E-state index is -5.18. The van der Waals surface area contributed by atoms with E-state index in [0.717, 1.165) is 12.8 Å². The van der Waals surface area contributed by atoms with Crippen LogP contribution in [0.5, 0.6) is 0 Å². The van der Waals surface area contributed by atoms with Gasteiger partial charge < -0.3 is 30.7 Å². The number of ether oxygens (including phenoxy) is 1. The van der Waals surface area contributed by atoms with Crippen LogP contribution >= 0.6 is 0 Å². The van der Waals surface area contributed by atoms with Gasteiger partial charge in [0, 0.05) is 31.5 Å². The lowest BCUT2D eigenvalue weighted by molar-refractivity contribution is -0.140. The van der Waals surface area contributed by atoms with E-state index in [4.69, 9.17) is 4.74 Å². The first-order chi connectivity index (χ1) is 19.5. The summed E-state index contributed by atoms with van der Waals surface area (Å²) >= 11 is 0. The average molecular weight is 617 g/mol. The Morgan fingerprint density at radius 2 is 1.69 bits per heavy atom. The predicted molar refractivity (Wildman–Crippen MR) is 149 cm³/mol. The summed E-state index contributed by atoms with van der Waals surface area (Å²) in [7, 11) is -5.18. The van der Waals surface area contributed by atoms with Gasteiger partial charge in [-0.25, -0.2) is 4.79 Å². The van der Waals surface area contributed by atoms with Gasteiger partial charge in [0.05, 0.1) is 6.04 Å². The third-order valence-electron chi connectivity index (χ3n) is 8.41. The first kappa shape index (κ1) is 33.7. The third-order valence-corrected chi connectivity index (χ3v) is 9.21. The molecule has 1 unspecified atom stereocenters. The normalized spacial score (nSPS) is 22.7. The Kier molecular flexibility index (Phi) is 11.0. The number of piperidine rings is 1. The zero-order valence-electron chi connectivity index (χ0n) is 24.6. The van der Waals surface area contributed by atoms with E-state index in [1.54, 1.807) is 0 Å². The number of aliphatic hydroxyl groups excluding tert-OH is 1. The fourth-order valence-electron chi connectivity index (χ4n) is 5.99. The number of hydrogen-bond donors (Lipinski definition) is 5. The minimum absolute atomic E-state index is 0.0153. The van der Waals surface area contributed by atoms with Crippen LogP contribution in [0.1, 0.15) is 72.6 Å². The van der Waals surface area contributed by atoms with E-state index in [-0.39, 0.29) is 48.0 Å². The maximum Gasteiger partial charge on any atom is 0.408 e. The molecular weight excluding hydrogens is 572 g/mol. The van der Waals surface area contributed by atoms with Crippen molar-refractivity contribution in [1.82, 2.24) is 20.9 Å². The Morgan fingerprint density at radius 3 is 2.19 bits per heavy atom. The van der Waals surface area contributed by atoms with Crippen LogP contribution in [0.4, 0.5) is 4.79 Å². The molecule has 4 amide bonds. The van der Waals surface area contributed by atoms with E-state index in [2.05, 4.69) is 16.0 Å². The van der Waals surface area contributed by atoms with Crippen molar-refractivity contribution >= 4 is 39.7 Å². The van der Waals surface area contributed by atoms with Crippen LogP contribution in [0, 0.1) is 23.2 Å². The van der Waals surface area contributed by atoms with E-state index in [0.29, 0.717) is 38.9 Å². The van der Waals surface area contributed by atoms with Gasteiger partial charge in [0.25, 0.3) is 10.1 Å². The molecule has 238 valence electrons. The highest BCUT2D eigenvalue weighted by molar-refractivity contribution is 7.87. The second-order valence-corrected chi connectivity index (χ2v) is 14.1. The zero-order valence-corrected chi connectivity index (χ0v) is 25.4. The molecule has 3 rings (SSSR count). The van der Waals surface area contributed by atoms with Crippen molar-refractivity contribution in [2.45, 2.75) is 96.3 Å². The predicted octanol–water partition coefficient (Wildman–Crippen LogP) is 0.341. The summed E-state index contributed by atoms with van der Waals surface area (Å²) in [5.74, 6) is -3.34. The molecule has 1 aliphatic carbocycles. The largest absolute Gasteiger partial charge is 0.446 e. The number of nitrogens with one attached hydrogen (secondary N) is 3. The first-order valence-electron chi connectivity index (χ1n) is 14.5. The average Bonchev–Trinajstić information content (AvgIpc) is 3.29. The van der Waals surface area contributed by atoms with Crippen molar-refractivity contribution in [3.05, 3.63) is 0 Å². The number of aliphatic hydroxyl groups is 1. The van der Waals surface area contributed by atoms with Crippen LogP contribution in [-0.2, 0) is 34.0 Å². The zero-order chi connectivity index (χ0) is 31.4. The Morgan fingerprint density at radius 1 is 1.07 bits per heavy atom. The summed E-state index contributed by atoms with van der Waals surface area (Å²) in [5.41, 5.74) is -2.79. The van der Waals surface area contributed by atoms with Crippen molar-refractivity contribution in [2.24, 2.45) is 23.2 Å². The molecule has 0 radical (unpaired) electrons. The molecule has 4 atom stereocenters. The van der Waals surface area contributed by atoms with Gasteiger partial charge in [-0.05, 0) is 56.3 Å². The maximum atomic E-state index is 13.2. The first-order valence-corrected chi connectivity index (χ1v) is 16.0. The molecule has 15 heteroatoms. The van der Waals surface area contributed by atoms with Crippen molar-refractivity contribution in [3.63, 3.8) is 0 Å². The number of amides is 4. The quantitative estimate of drug-likeness (QED) is 0.190. The smallest absolute Gasteiger partial charge is 0.408 e. The molecule has 3 fully saturated rings. The van der Waals surface area contributed by atoms with Crippen molar-refractivity contribution in [1.29, 1.82) is 0 Å². The molecule has 0 aromatic carbocycles. The molecule has 2 saturated heterocycles. The van der Waals surface area contributed by atoms with Crippen LogP contribution in [0.3, 0.4) is 0 Å². The Balaban J connectivity index is 1.59. The van der Waals surface area contributed by atoms with Crippen LogP contribution in [0.15, 0.2) is 0 Å². The van der Waals surface area contributed by atoms with E-state index in [1.807, 2.05) is 32.6 Å². The molecule has 2 heterocycles. The lowest BCUT2D eigenvalue weighted by Gasteiger charge is -2.51. The number of carbonyl (C=O) groups excluding carboxylic acids is 5. The molecule has 2 aliphatic heterocycles. The molecule has 3 aliphatic rings. The minimum Gasteiger partial charge on any atom is -0.446 e. The molecule has 0 aromatic rings. The Hall–Kier alpha value is -2.78. The Bertz CT molecular complexity index is 1140. The second kappa shape index (κ2) is 13.7. The summed E-state index contributed by atoms with van der Waals surface area (Å²) in [6, 6.07) is -2.77. The summed E-state index contributed by atoms with van der Waals surface area (Å²) < 4.78 is 37.6. The number of ketones is 1. The number of likely N-dealkylation sites (tertiary alicyclic amines) is 1. The van der Waals surface area contributed by atoms with Crippen molar-refractivity contribution in [3.8, 4) is 0 Å². The Labute approximate surface area is 246 Å². The molecule has 1 saturated carbocycles. The van der Waals surface area contributed by atoms with Crippen LogP contribution in [0.2, 0.25) is 0 Å². The monoisotopic (exact) mass is 616 g/mol. The van der Waals surface area contributed by atoms with Gasteiger partial charge in [-0.15, -0.1) is 0 Å². The number of carbonyl (C=O) groups is 5. The van der Waals surface area contributed by atoms with E-state index in [9.17, 15) is 42.0 Å². The third kappa shape index (κ3) is 8.63. The fourth-order valence-corrected chi connectivity index (χ4v) is 6.44. The summed E-state index contributed by atoms with van der Waals surface area (Å²) in [6.45, 7) is 9.04. The van der Waals surface area contributed by atoms with Gasteiger partial charge in [-0.3, -0.25) is 23.7 Å². The molecule has 1 spiro atoms. The fraction of sp³-hybridized carbons (Fsp3) is 0.815. The van der Waals surface area contributed by atoms with Gasteiger partial charge >= 0.3 is 6.09 Å². The molecule has 0 bridgehead atoms. The molecule has 14 nitrogen and oxygen atoms in total. The van der Waals surface area contributed by atoms with Crippen LogP contribution in [0.25, 0.3) is 0 Å². The number of alkyl carbamates (subject to hydrolysis) is 1. The molecule has 42 heavy (non-hydrogen) atoms. The van der Waals surface area contributed by atoms with E-state index < -0.39 is 51.3 Å². The number of hydrogen-bond acceptors (Lipinski definition) is 9. The van der Waals surface area contributed by atoms with Gasteiger partial charge in [-0.2, -0.15) is 8.42 Å². The highest BCUT2D eigenvalue weighted by Crippen LogP contribution is 2.50. The molecular formula is C27H44N4O10S. The van der Waals surface area contributed by atoms with Crippen molar-refractivity contribution in [2.75, 3.05) is 19.6 Å². The van der Waals surface area contributed by atoms with Gasteiger partial charge in [-0.1, -0.05) is 27.7 Å². The highest BCUT2D eigenvalue weighted by atomic mass is 32.2. The summed E-state index contributed by atoms with van der Waals surface area (Å²) in [6.07, 6.45) is 1.98. The molecule has 0 aromatic heterocycles. The summed E-state index contributed by atoms with van der Waals surface area (Å²) in [5, 5.41) is 17.3. The standard InChI is InChI=1S/C27H44N4O10S/c1-15(2)11-20(23(34)29-19(12-17-5-8-28-22(17)33)21(32)25(36)42(38,39)40)30-26(37)41-18-13-27(14-18)6-9-31(10-7-27)24(35)16(3)4/h15-20,25,36H,5-14H2,1-4H3,(H,28,33)(H,29,34)(H,30,37)(H,38,39,40)/t17-,19+,20+,25?/m1/s1. The summed E-state index contributed by atoms with van der Waals surface area (Å²) in [4.78, 5) is 65.0. The highest BCUT2D eigenvalue weighted by Gasteiger charge is 2.48. The maximum absolute atomic E-state index is 13.2. The van der Waals surface area contributed by atoms with Crippen LogP contribution in [-0.4, -0.2) is 95.8 Å². The van der Waals surface area contributed by atoms with Crippen LogP contribution < -0.4 is 16.0 Å². The topological polar surface area (TPSA) is 209 Å². The van der Waals surface area contributed by atoms with Gasteiger partial charge in [0.2, 0.25) is 28.9 Å². The van der Waals surface area contributed by atoms with E-state index >= 15 is 0 Å². The second-order valence-electron chi connectivity index (χ2n) is 12.6. The lowest BCUT2D eigenvalue weighted by Crippen LogP contribution is -2.56. The van der Waals surface area contributed by atoms with Gasteiger partial charge in [0.15, 0.2) is 0 Å². The van der Waals surface area contributed by atoms with Gasteiger partial charge in [0.1, 0.15) is 12.1 Å².